The third-order valence-electron chi connectivity index (χ3n) is 5.27. The molecule has 0 bridgehead atoms. The number of fused-ring (bicyclic) bond motifs is 1. The van der Waals surface area contributed by atoms with E-state index in [1.807, 2.05) is 34.7 Å². The zero-order valence-electron chi connectivity index (χ0n) is 16.4. The van der Waals surface area contributed by atoms with Gasteiger partial charge in [0.2, 0.25) is 0 Å². The number of aryl methyl sites for hydroxylation is 1. The number of hydrogen-bond donors (Lipinski definition) is 0. The first kappa shape index (κ1) is 18.3. The Balaban J connectivity index is 1.59. The molecule has 0 spiro atoms. The van der Waals surface area contributed by atoms with Crippen molar-refractivity contribution in [1.82, 2.24) is 19.5 Å². The first-order chi connectivity index (χ1) is 13.6. The van der Waals surface area contributed by atoms with Gasteiger partial charge in [-0.1, -0.05) is 0 Å². The van der Waals surface area contributed by atoms with Crippen molar-refractivity contribution in [3.8, 4) is 11.5 Å². The predicted octanol–water partition coefficient (Wildman–Crippen LogP) is 3.07. The van der Waals surface area contributed by atoms with Gasteiger partial charge in [-0.05, 0) is 44.0 Å². The number of methoxy groups -OCH3 is 2. The molecule has 4 rings (SSSR count). The van der Waals surface area contributed by atoms with Gasteiger partial charge in [0.25, 0.3) is 5.91 Å². The highest BCUT2D eigenvalue weighted by Gasteiger charge is 2.27. The van der Waals surface area contributed by atoms with Gasteiger partial charge in [0.05, 0.1) is 25.6 Å². The van der Waals surface area contributed by atoms with Crippen LogP contribution < -0.4 is 9.47 Å². The number of likely N-dealkylation sites (tertiary alicyclic amines) is 1. The summed E-state index contributed by atoms with van der Waals surface area (Å²) in [5, 5.41) is 4.58. The van der Waals surface area contributed by atoms with Crippen LogP contribution in [0, 0.1) is 6.92 Å². The van der Waals surface area contributed by atoms with Crippen molar-refractivity contribution in [3.63, 3.8) is 0 Å². The number of rotatable bonds is 4. The molecule has 0 radical (unpaired) electrons. The summed E-state index contributed by atoms with van der Waals surface area (Å²) in [7, 11) is 3.16. The highest BCUT2D eigenvalue weighted by atomic mass is 16.5. The van der Waals surface area contributed by atoms with Crippen molar-refractivity contribution in [2.24, 2.45) is 0 Å². The van der Waals surface area contributed by atoms with Gasteiger partial charge in [0.1, 0.15) is 0 Å². The quantitative estimate of drug-likeness (QED) is 0.696. The summed E-state index contributed by atoms with van der Waals surface area (Å²) in [5.41, 5.74) is 3.49. The number of benzene rings is 1. The average Bonchev–Trinajstić information content (AvgIpc) is 3.12. The van der Waals surface area contributed by atoms with Gasteiger partial charge in [0, 0.05) is 36.8 Å². The average molecular weight is 380 g/mol. The molecule has 7 nitrogen and oxygen atoms in total. The number of nitrogens with zero attached hydrogens (tertiary/aromatic N) is 4. The molecule has 146 valence electrons. The van der Waals surface area contributed by atoms with E-state index in [2.05, 4.69) is 10.1 Å². The van der Waals surface area contributed by atoms with Crippen LogP contribution >= 0.6 is 0 Å². The first-order valence-electron chi connectivity index (χ1n) is 9.43. The van der Waals surface area contributed by atoms with E-state index in [0.717, 1.165) is 36.4 Å². The van der Waals surface area contributed by atoms with E-state index >= 15 is 0 Å². The zero-order chi connectivity index (χ0) is 19.7. The van der Waals surface area contributed by atoms with E-state index < -0.39 is 0 Å². The van der Waals surface area contributed by atoms with Gasteiger partial charge in [-0.15, -0.1) is 0 Å². The van der Waals surface area contributed by atoms with E-state index in [1.165, 1.54) is 0 Å². The molecular formula is C21H24N4O3. The maximum Gasteiger partial charge on any atom is 0.254 e. The Hall–Kier alpha value is -3.09. The molecule has 28 heavy (non-hydrogen) atoms. The molecule has 7 heteroatoms. The summed E-state index contributed by atoms with van der Waals surface area (Å²) in [6, 6.07) is 9.28. The largest absolute Gasteiger partial charge is 0.493 e. The lowest BCUT2D eigenvalue weighted by molar-refractivity contribution is 0.0704. The lowest BCUT2D eigenvalue weighted by Gasteiger charge is -2.33. The molecule has 1 saturated heterocycles. The summed E-state index contributed by atoms with van der Waals surface area (Å²) >= 11 is 0. The van der Waals surface area contributed by atoms with Gasteiger partial charge in [-0.25, -0.2) is 9.50 Å². The Morgan fingerprint density at radius 1 is 1.14 bits per heavy atom. The highest BCUT2D eigenvalue weighted by Crippen LogP contribution is 2.31. The minimum Gasteiger partial charge on any atom is -0.493 e. The second kappa shape index (κ2) is 7.50. The molecule has 1 aromatic carbocycles. The van der Waals surface area contributed by atoms with E-state index in [4.69, 9.17) is 9.47 Å². The molecule has 3 aromatic rings. The van der Waals surface area contributed by atoms with Crippen LogP contribution in [0.2, 0.25) is 0 Å². The van der Waals surface area contributed by atoms with Crippen LogP contribution in [0.5, 0.6) is 11.5 Å². The second-order valence-corrected chi connectivity index (χ2v) is 7.09. The molecule has 1 amide bonds. The van der Waals surface area contributed by atoms with Gasteiger partial charge >= 0.3 is 0 Å². The Kier molecular flexibility index (Phi) is 4.90. The van der Waals surface area contributed by atoms with Gasteiger partial charge in [-0.3, -0.25) is 4.79 Å². The van der Waals surface area contributed by atoms with Crippen LogP contribution in [0.15, 0.2) is 36.5 Å². The van der Waals surface area contributed by atoms with E-state index in [0.29, 0.717) is 23.6 Å². The van der Waals surface area contributed by atoms with E-state index in [9.17, 15) is 4.79 Å². The van der Waals surface area contributed by atoms with Crippen LogP contribution in [0.25, 0.3) is 5.65 Å². The smallest absolute Gasteiger partial charge is 0.254 e. The van der Waals surface area contributed by atoms with Crippen LogP contribution in [0.3, 0.4) is 0 Å². The number of amides is 1. The van der Waals surface area contributed by atoms with Crippen LogP contribution in [-0.4, -0.2) is 52.7 Å². The summed E-state index contributed by atoms with van der Waals surface area (Å²) < 4.78 is 12.5. The minimum atomic E-state index is 0.00704. The van der Waals surface area contributed by atoms with Crippen molar-refractivity contribution < 1.29 is 14.3 Å². The summed E-state index contributed by atoms with van der Waals surface area (Å²) in [5.74, 6) is 1.41. The van der Waals surface area contributed by atoms with E-state index in [1.54, 1.807) is 32.4 Å². The number of carbonyl (C=O) groups excluding carboxylic acids is 1. The number of aromatic nitrogens is 3. The second-order valence-electron chi connectivity index (χ2n) is 7.09. The number of piperidine rings is 1. The molecule has 1 fully saturated rings. The third kappa shape index (κ3) is 3.28. The standard InChI is InChI=1S/C21H24N4O3/c1-14-11-20-22-9-8-17(25(20)23-14)16-5-4-10-24(13-16)21(26)15-6-7-18(27-2)19(12-15)28-3/h6-9,11-12,16H,4-5,10,13H2,1-3H3/t16-/m0/s1. The fourth-order valence-electron chi connectivity index (χ4n) is 3.89. The van der Waals surface area contributed by atoms with Crippen molar-refractivity contribution in [2.75, 3.05) is 27.3 Å². The zero-order valence-corrected chi connectivity index (χ0v) is 16.4. The molecule has 0 aliphatic carbocycles. The van der Waals surface area contributed by atoms with Gasteiger partial charge in [-0.2, -0.15) is 5.10 Å². The Morgan fingerprint density at radius 3 is 2.75 bits per heavy atom. The number of ether oxygens (including phenoxy) is 2. The molecule has 3 heterocycles. The van der Waals surface area contributed by atoms with Crippen LogP contribution in [0.4, 0.5) is 0 Å². The Morgan fingerprint density at radius 2 is 1.96 bits per heavy atom. The number of carbonyl (C=O) groups is 1. The molecule has 1 aliphatic rings. The monoisotopic (exact) mass is 380 g/mol. The normalized spacial score (nSPS) is 17.0. The third-order valence-corrected chi connectivity index (χ3v) is 5.27. The molecule has 0 unspecified atom stereocenters. The Labute approximate surface area is 163 Å². The summed E-state index contributed by atoms with van der Waals surface area (Å²) in [6.07, 6.45) is 3.79. The maximum atomic E-state index is 13.1. The van der Waals surface area contributed by atoms with Crippen LogP contribution in [-0.2, 0) is 0 Å². The summed E-state index contributed by atoms with van der Waals surface area (Å²) in [6.45, 7) is 3.37. The van der Waals surface area contributed by atoms with Gasteiger partial charge < -0.3 is 14.4 Å². The number of hydrogen-bond acceptors (Lipinski definition) is 5. The maximum absolute atomic E-state index is 13.1. The molecule has 0 N–H and O–H groups in total. The highest BCUT2D eigenvalue weighted by molar-refractivity contribution is 5.95. The Bertz CT molecular complexity index is 1010. The minimum absolute atomic E-state index is 0.00704. The van der Waals surface area contributed by atoms with Crippen molar-refractivity contribution in [2.45, 2.75) is 25.7 Å². The molecule has 1 aliphatic heterocycles. The van der Waals surface area contributed by atoms with Crippen molar-refractivity contribution in [1.29, 1.82) is 0 Å². The van der Waals surface area contributed by atoms with Gasteiger partial charge in [0.15, 0.2) is 17.1 Å². The molecule has 0 saturated carbocycles. The topological polar surface area (TPSA) is 69.0 Å². The van der Waals surface area contributed by atoms with Crippen molar-refractivity contribution in [3.05, 3.63) is 53.5 Å². The molecule has 1 atom stereocenters. The lowest BCUT2D eigenvalue weighted by atomic mass is 9.94. The fourth-order valence-corrected chi connectivity index (χ4v) is 3.89. The SMILES string of the molecule is COc1ccc(C(=O)N2CCC[C@H](c3ccnc4cc(C)nn34)C2)cc1OC. The fraction of sp³-hybridized carbons (Fsp3) is 0.381. The van der Waals surface area contributed by atoms with E-state index in [-0.39, 0.29) is 11.8 Å². The van der Waals surface area contributed by atoms with Crippen LogP contribution in [0.1, 0.15) is 40.5 Å². The summed E-state index contributed by atoms with van der Waals surface area (Å²) in [4.78, 5) is 19.4. The lowest BCUT2D eigenvalue weighted by Crippen LogP contribution is -2.39. The van der Waals surface area contributed by atoms with Crippen molar-refractivity contribution >= 4 is 11.6 Å². The molecular weight excluding hydrogens is 356 g/mol. The molecule has 2 aromatic heterocycles. The predicted molar refractivity (Wildman–Crippen MR) is 105 cm³/mol. The first-order valence-corrected chi connectivity index (χ1v) is 9.43.